The fourth-order valence-corrected chi connectivity index (χ4v) is 4.43. The van der Waals surface area contributed by atoms with E-state index in [0.717, 1.165) is 36.1 Å². The second-order valence-corrected chi connectivity index (χ2v) is 8.23. The van der Waals surface area contributed by atoms with E-state index >= 15 is 0 Å². The number of hydrogen-bond acceptors (Lipinski definition) is 4. The van der Waals surface area contributed by atoms with E-state index in [2.05, 4.69) is 32.8 Å². The molecule has 1 amide bonds. The van der Waals surface area contributed by atoms with E-state index in [4.69, 9.17) is 10.7 Å². The molecule has 2 aromatic rings. The first-order valence-electron chi connectivity index (χ1n) is 10.2. The van der Waals surface area contributed by atoms with Crippen LogP contribution in [0.4, 0.5) is 0 Å². The van der Waals surface area contributed by atoms with Crippen LogP contribution in [0.3, 0.4) is 0 Å². The average Bonchev–Trinajstić information content (AvgIpc) is 3.05. The summed E-state index contributed by atoms with van der Waals surface area (Å²) in [7, 11) is 0. The van der Waals surface area contributed by atoms with Gasteiger partial charge >= 0.3 is 0 Å². The maximum absolute atomic E-state index is 12.9. The number of rotatable bonds is 5. The molecule has 0 unspecified atom stereocenters. The number of aromatic nitrogens is 3. The van der Waals surface area contributed by atoms with Gasteiger partial charge in [0.05, 0.1) is 6.20 Å². The lowest BCUT2D eigenvalue weighted by molar-refractivity contribution is -0.136. The maximum atomic E-state index is 12.9. The molecule has 6 heteroatoms. The predicted octanol–water partition coefficient (Wildman–Crippen LogP) is 3.15. The van der Waals surface area contributed by atoms with Crippen molar-refractivity contribution >= 4 is 16.9 Å². The zero-order valence-electron chi connectivity index (χ0n) is 17.3. The SMILES string of the molecule is Cc1nc2c(cnn2C(C)C)c(C)c1CCC(=O)N1CCC[C@@H](C)[C@H]1CN. The molecular weight excluding hydrogens is 338 g/mol. The third-order valence-electron chi connectivity index (χ3n) is 6.09. The lowest BCUT2D eigenvalue weighted by Gasteiger charge is -2.39. The Balaban J connectivity index is 1.80. The van der Waals surface area contributed by atoms with Crippen LogP contribution < -0.4 is 5.73 Å². The van der Waals surface area contributed by atoms with E-state index in [1.54, 1.807) is 0 Å². The third kappa shape index (κ3) is 3.72. The molecule has 6 nitrogen and oxygen atoms in total. The quantitative estimate of drug-likeness (QED) is 0.876. The van der Waals surface area contributed by atoms with Crippen molar-refractivity contribution in [1.82, 2.24) is 19.7 Å². The lowest BCUT2D eigenvalue weighted by atomic mass is 9.90. The summed E-state index contributed by atoms with van der Waals surface area (Å²) in [6.45, 7) is 12.0. The summed E-state index contributed by atoms with van der Waals surface area (Å²) >= 11 is 0. The molecule has 0 bridgehead atoms. The molecule has 1 aliphatic heterocycles. The second kappa shape index (κ2) is 7.97. The zero-order valence-corrected chi connectivity index (χ0v) is 17.3. The normalized spacial score (nSPS) is 20.6. The fraction of sp³-hybridized carbons (Fsp3) is 0.667. The highest BCUT2D eigenvalue weighted by molar-refractivity contribution is 5.81. The number of amides is 1. The van der Waals surface area contributed by atoms with Crippen molar-refractivity contribution in [3.05, 3.63) is 23.0 Å². The molecule has 0 aliphatic carbocycles. The van der Waals surface area contributed by atoms with E-state index < -0.39 is 0 Å². The predicted molar refractivity (Wildman–Crippen MR) is 109 cm³/mol. The monoisotopic (exact) mass is 371 g/mol. The average molecular weight is 372 g/mol. The van der Waals surface area contributed by atoms with E-state index in [0.29, 0.717) is 25.3 Å². The molecular formula is C21H33N5O. The number of aryl methyl sites for hydroxylation is 2. The van der Waals surface area contributed by atoms with Gasteiger partial charge in [0, 0.05) is 42.7 Å². The Morgan fingerprint density at radius 2 is 2.11 bits per heavy atom. The number of fused-ring (bicyclic) bond motifs is 1. The van der Waals surface area contributed by atoms with Crippen LogP contribution in [0.25, 0.3) is 11.0 Å². The lowest BCUT2D eigenvalue weighted by Crippen LogP contribution is -2.51. The molecule has 1 aliphatic rings. The van der Waals surface area contributed by atoms with Crippen molar-refractivity contribution in [2.75, 3.05) is 13.1 Å². The smallest absolute Gasteiger partial charge is 0.223 e. The third-order valence-corrected chi connectivity index (χ3v) is 6.09. The molecule has 2 N–H and O–H groups in total. The van der Waals surface area contributed by atoms with Crippen molar-refractivity contribution < 1.29 is 4.79 Å². The van der Waals surface area contributed by atoms with Gasteiger partial charge in [-0.05, 0) is 64.0 Å². The minimum Gasteiger partial charge on any atom is -0.338 e. The summed E-state index contributed by atoms with van der Waals surface area (Å²) in [6, 6.07) is 0.453. The first-order valence-corrected chi connectivity index (χ1v) is 10.2. The van der Waals surface area contributed by atoms with Crippen LogP contribution in [-0.2, 0) is 11.2 Å². The Hall–Kier alpha value is -1.95. The Labute approximate surface area is 162 Å². The van der Waals surface area contributed by atoms with Gasteiger partial charge in [-0.1, -0.05) is 6.92 Å². The molecule has 0 spiro atoms. The van der Waals surface area contributed by atoms with Crippen LogP contribution in [0.5, 0.6) is 0 Å². The molecule has 1 fully saturated rings. The van der Waals surface area contributed by atoms with E-state index in [1.807, 2.05) is 22.7 Å². The molecule has 2 aromatic heterocycles. The molecule has 2 atom stereocenters. The highest BCUT2D eigenvalue weighted by Crippen LogP contribution is 2.27. The first kappa shape index (κ1) is 19.8. The van der Waals surface area contributed by atoms with Crippen LogP contribution in [0, 0.1) is 19.8 Å². The van der Waals surface area contributed by atoms with Crippen LogP contribution in [0.2, 0.25) is 0 Å². The Morgan fingerprint density at radius 1 is 1.37 bits per heavy atom. The molecule has 27 heavy (non-hydrogen) atoms. The van der Waals surface area contributed by atoms with Crippen molar-refractivity contribution in [2.45, 2.75) is 72.4 Å². The van der Waals surface area contributed by atoms with Gasteiger partial charge in [-0.15, -0.1) is 0 Å². The summed E-state index contributed by atoms with van der Waals surface area (Å²) in [6.07, 6.45) is 5.36. The van der Waals surface area contributed by atoms with Crippen LogP contribution in [-0.4, -0.2) is 44.7 Å². The van der Waals surface area contributed by atoms with Gasteiger partial charge in [-0.25, -0.2) is 9.67 Å². The Bertz CT molecular complexity index is 826. The Morgan fingerprint density at radius 3 is 2.78 bits per heavy atom. The highest BCUT2D eigenvalue weighted by atomic mass is 16.2. The fourth-order valence-electron chi connectivity index (χ4n) is 4.43. The number of pyridine rings is 1. The van der Waals surface area contributed by atoms with Crippen molar-refractivity contribution in [2.24, 2.45) is 11.7 Å². The van der Waals surface area contributed by atoms with Gasteiger partial charge in [0.2, 0.25) is 5.91 Å². The summed E-state index contributed by atoms with van der Waals surface area (Å²) in [4.78, 5) is 19.7. The summed E-state index contributed by atoms with van der Waals surface area (Å²) in [5, 5.41) is 5.59. The van der Waals surface area contributed by atoms with Gasteiger partial charge < -0.3 is 10.6 Å². The largest absolute Gasteiger partial charge is 0.338 e. The van der Waals surface area contributed by atoms with Crippen LogP contribution in [0.15, 0.2) is 6.20 Å². The maximum Gasteiger partial charge on any atom is 0.223 e. The highest BCUT2D eigenvalue weighted by Gasteiger charge is 2.30. The number of carbonyl (C=O) groups is 1. The number of nitrogens with zero attached hydrogens (tertiary/aromatic N) is 4. The van der Waals surface area contributed by atoms with Gasteiger partial charge in [-0.3, -0.25) is 4.79 Å². The van der Waals surface area contributed by atoms with Crippen molar-refractivity contribution in [3.63, 3.8) is 0 Å². The van der Waals surface area contributed by atoms with Crippen molar-refractivity contribution in [3.8, 4) is 0 Å². The molecule has 0 aromatic carbocycles. The summed E-state index contributed by atoms with van der Waals surface area (Å²) in [5.74, 6) is 0.699. The van der Waals surface area contributed by atoms with Gasteiger partial charge in [-0.2, -0.15) is 5.10 Å². The minimum atomic E-state index is 0.179. The summed E-state index contributed by atoms with van der Waals surface area (Å²) in [5.41, 5.74) is 10.3. The molecule has 1 saturated heterocycles. The van der Waals surface area contributed by atoms with Crippen LogP contribution >= 0.6 is 0 Å². The molecule has 3 rings (SSSR count). The standard InChI is InChI=1S/C21H33N5O/c1-13(2)26-21-18(12-23-26)15(4)17(16(5)24-21)8-9-20(27)25-10-6-7-14(3)19(25)11-22/h12-14,19H,6-11,22H2,1-5H3/t14-,19-/m1/s1. The van der Waals surface area contributed by atoms with Gasteiger partial charge in [0.25, 0.3) is 0 Å². The van der Waals surface area contributed by atoms with E-state index in [-0.39, 0.29) is 18.0 Å². The number of piperidine rings is 1. The number of nitrogens with two attached hydrogens (primary N) is 1. The second-order valence-electron chi connectivity index (χ2n) is 8.23. The zero-order chi connectivity index (χ0) is 19.7. The number of likely N-dealkylation sites (tertiary alicyclic amines) is 1. The van der Waals surface area contributed by atoms with Crippen molar-refractivity contribution in [1.29, 1.82) is 0 Å². The van der Waals surface area contributed by atoms with E-state index in [9.17, 15) is 4.79 Å². The molecule has 3 heterocycles. The topological polar surface area (TPSA) is 77.0 Å². The first-order chi connectivity index (χ1) is 12.8. The molecule has 0 saturated carbocycles. The molecule has 148 valence electrons. The van der Waals surface area contributed by atoms with Crippen LogP contribution in [0.1, 0.15) is 62.9 Å². The van der Waals surface area contributed by atoms with Gasteiger partial charge in [0.1, 0.15) is 0 Å². The number of carbonyl (C=O) groups excluding carboxylic acids is 1. The van der Waals surface area contributed by atoms with Gasteiger partial charge in [0.15, 0.2) is 5.65 Å². The molecule has 0 radical (unpaired) electrons. The van der Waals surface area contributed by atoms with E-state index in [1.165, 1.54) is 11.1 Å². The summed E-state index contributed by atoms with van der Waals surface area (Å²) < 4.78 is 1.96. The minimum absolute atomic E-state index is 0.179. The Kier molecular flexibility index (Phi) is 5.84. The number of hydrogen-bond donors (Lipinski definition) is 1.